The maximum atomic E-state index is 11.2. The predicted octanol–water partition coefficient (Wildman–Crippen LogP) is 3.21. The van der Waals surface area contributed by atoms with Crippen LogP contribution in [0.25, 0.3) is 0 Å². The van der Waals surface area contributed by atoms with Crippen LogP contribution in [0.5, 0.6) is 0 Å². The van der Waals surface area contributed by atoms with E-state index in [0.717, 1.165) is 12.8 Å². The summed E-state index contributed by atoms with van der Waals surface area (Å²) in [5.41, 5.74) is 3.15. The number of hydrogen-bond donors (Lipinski definition) is 3. The number of nitrogen functional groups attached to an aromatic ring is 1. The number of rotatable bonds is 8. The number of benzene rings is 1. The highest BCUT2D eigenvalue weighted by Gasteiger charge is 2.26. The zero-order chi connectivity index (χ0) is 15.2. The number of thioether (sulfide) groups is 1. The number of nitro groups is 1. The quantitative estimate of drug-likeness (QED) is 0.387. The van der Waals surface area contributed by atoms with Gasteiger partial charge in [0.25, 0.3) is 0 Å². The van der Waals surface area contributed by atoms with Gasteiger partial charge in [-0.15, -0.1) is 0 Å². The first kappa shape index (κ1) is 16.6. The van der Waals surface area contributed by atoms with E-state index in [-0.39, 0.29) is 10.4 Å². The number of para-hydroxylation sites is 1. The lowest BCUT2D eigenvalue weighted by Gasteiger charge is -2.30. The van der Waals surface area contributed by atoms with Crippen LogP contribution in [0.4, 0.5) is 17.1 Å². The van der Waals surface area contributed by atoms with Crippen molar-refractivity contribution in [3.63, 3.8) is 0 Å². The molecular weight excluding hydrogens is 276 g/mol. The minimum absolute atomic E-state index is 0.0165. The molecule has 0 spiro atoms. The lowest BCUT2D eigenvalue weighted by molar-refractivity contribution is -0.383. The first-order chi connectivity index (χ1) is 9.53. The monoisotopic (exact) mass is 298 g/mol. The van der Waals surface area contributed by atoms with Gasteiger partial charge in [-0.3, -0.25) is 16.0 Å². The first-order valence-corrected chi connectivity index (χ1v) is 7.79. The number of hydrogen-bond acceptors (Lipinski definition) is 6. The Hall–Kier alpha value is -1.47. The summed E-state index contributed by atoms with van der Waals surface area (Å²) in [6.07, 6.45) is 4.07. The molecule has 7 heteroatoms. The van der Waals surface area contributed by atoms with Gasteiger partial charge in [0.2, 0.25) is 0 Å². The van der Waals surface area contributed by atoms with Crippen LogP contribution < -0.4 is 16.6 Å². The highest BCUT2D eigenvalue weighted by Crippen LogP contribution is 2.35. The maximum Gasteiger partial charge on any atom is 0.316 e. The Labute approximate surface area is 123 Å². The summed E-state index contributed by atoms with van der Waals surface area (Å²) in [7, 11) is 0. The van der Waals surface area contributed by atoms with Crippen molar-refractivity contribution in [3.8, 4) is 0 Å². The second-order valence-corrected chi connectivity index (χ2v) is 5.83. The van der Waals surface area contributed by atoms with E-state index in [9.17, 15) is 10.1 Å². The van der Waals surface area contributed by atoms with Gasteiger partial charge in [-0.05, 0) is 31.2 Å². The third-order valence-corrected chi connectivity index (χ3v) is 5.28. The van der Waals surface area contributed by atoms with Crippen LogP contribution in [-0.4, -0.2) is 22.5 Å². The van der Waals surface area contributed by atoms with Crippen molar-refractivity contribution in [1.29, 1.82) is 0 Å². The minimum atomic E-state index is -0.420. The van der Waals surface area contributed by atoms with E-state index in [2.05, 4.69) is 30.8 Å². The highest BCUT2D eigenvalue weighted by molar-refractivity contribution is 8.00. The molecule has 4 N–H and O–H groups in total. The molecule has 6 nitrogen and oxygen atoms in total. The Balaban J connectivity index is 3.01. The van der Waals surface area contributed by atoms with Gasteiger partial charge in [0.1, 0.15) is 11.4 Å². The van der Waals surface area contributed by atoms with Crippen LogP contribution in [0.2, 0.25) is 0 Å². The van der Waals surface area contributed by atoms with E-state index in [1.807, 2.05) is 0 Å². The average molecular weight is 298 g/mol. The summed E-state index contributed by atoms with van der Waals surface area (Å²) >= 11 is 1.79. The second kappa shape index (κ2) is 7.35. The molecule has 0 aliphatic rings. The maximum absolute atomic E-state index is 11.2. The van der Waals surface area contributed by atoms with Gasteiger partial charge < -0.3 is 10.7 Å². The van der Waals surface area contributed by atoms with Gasteiger partial charge in [-0.1, -0.05) is 19.9 Å². The fraction of sp³-hybridized carbons (Fsp3) is 0.538. The molecule has 112 valence electrons. The topological polar surface area (TPSA) is 93.2 Å². The molecule has 0 atom stereocenters. The standard InChI is InChI=1S/C13H22N4O2S/c1-4-13(5-2,20-3)9-15-10-7-6-8-11(16-14)12(10)17(18)19/h6-8,15-16H,4-5,9,14H2,1-3H3. The SMILES string of the molecule is CCC(CC)(CNc1cccc(NN)c1[N+](=O)[O-])SC. The third-order valence-electron chi connectivity index (χ3n) is 3.70. The molecule has 0 aliphatic carbocycles. The second-order valence-electron chi connectivity index (χ2n) is 4.55. The number of nitrogens with one attached hydrogen (secondary N) is 2. The van der Waals surface area contributed by atoms with Crippen molar-refractivity contribution in [2.75, 3.05) is 23.5 Å². The van der Waals surface area contributed by atoms with Crippen molar-refractivity contribution in [3.05, 3.63) is 28.3 Å². The zero-order valence-corrected chi connectivity index (χ0v) is 12.9. The molecule has 0 amide bonds. The summed E-state index contributed by atoms with van der Waals surface area (Å²) in [6.45, 7) is 4.94. The van der Waals surface area contributed by atoms with Crippen LogP contribution in [0.1, 0.15) is 26.7 Å². The Morgan fingerprint density at radius 2 is 1.95 bits per heavy atom. The summed E-state index contributed by atoms with van der Waals surface area (Å²) in [6, 6.07) is 5.03. The van der Waals surface area contributed by atoms with Crippen molar-refractivity contribution < 1.29 is 4.92 Å². The molecular formula is C13H22N4O2S. The Bertz CT molecular complexity index is 455. The summed E-state index contributed by atoms with van der Waals surface area (Å²) in [5.74, 6) is 5.33. The molecule has 0 aliphatic heterocycles. The Morgan fingerprint density at radius 3 is 2.40 bits per heavy atom. The fourth-order valence-electron chi connectivity index (χ4n) is 2.12. The van der Waals surface area contributed by atoms with E-state index in [1.54, 1.807) is 30.0 Å². The van der Waals surface area contributed by atoms with Gasteiger partial charge in [0.05, 0.1) is 4.92 Å². The predicted molar refractivity (Wildman–Crippen MR) is 86.2 cm³/mol. The highest BCUT2D eigenvalue weighted by atomic mass is 32.2. The first-order valence-electron chi connectivity index (χ1n) is 6.56. The van der Waals surface area contributed by atoms with Gasteiger partial charge in [-0.25, -0.2) is 0 Å². The number of nitrogens with zero attached hydrogens (tertiary/aromatic N) is 1. The lowest BCUT2D eigenvalue weighted by Crippen LogP contribution is -2.32. The summed E-state index contributed by atoms with van der Waals surface area (Å²) in [4.78, 5) is 10.8. The minimum Gasteiger partial charge on any atom is -0.378 e. The Kier molecular flexibility index (Phi) is 6.09. The summed E-state index contributed by atoms with van der Waals surface area (Å²) in [5, 5.41) is 14.4. The fourth-order valence-corrected chi connectivity index (χ4v) is 2.91. The van der Waals surface area contributed by atoms with Crippen LogP contribution in [-0.2, 0) is 0 Å². The van der Waals surface area contributed by atoms with Crippen molar-refractivity contribution in [2.24, 2.45) is 5.84 Å². The normalized spacial score (nSPS) is 11.2. The smallest absolute Gasteiger partial charge is 0.316 e. The molecule has 20 heavy (non-hydrogen) atoms. The largest absolute Gasteiger partial charge is 0.378 e. The van der Waals surface area contributed by atoms with E-state index in [4.69, 9.17) is 5.84 Å². The molecule has 0 saturated heterocycles. The van der Waals surface area contributed by atoms with Gasteiger partial charge >= 0.3 is 5.69 Å². The van der Waals surface area contributed by atoms with E-state index >= 15 is 0 Å². The van der Waals surface area contributed by atoms with Crippen LogP contribution in [0.3, 0.4) is 0 Å². The molecule has 1 rings (SSSR count). The molecule has 1 aromatic rings. The van der Waals surface area contributed by atoms with E-state index in [1.165, 1.54) is 0 Å². The van der Waals surface area contributed by atoms with Crippen molar-refractivity contribution in [2.45, 2.75) is 31.4 Å². The molecule has 0 unspecified atom stereocenters. The van der Waals surface area contributed by atoms with Gasteiger partial charge in [0.15, 0.2) is 0 Å². The zero-order valence-electron chi connectivity index (χ0n) is 12.1. The lowest BCUT2D eigenvalue weighted by atomic mass is 10.0. The number of hydrazine groups is 1. The van der Waals surface area contributed by atoms with Crippen molar-refractivity contribution >= 4 is 28.8 Å². The van der Waals surface area contributed by atoms with Crippen LogP contribution >= 0.6 is 11.8 Å². The molecule has 0 saturated carbocycles. The number of anilines is 2. The van der Waals surface area contributed by atoms with Crippen LogP contribution in [0, 0.1) is 10.1 Å². The van der Waals surface area contributed by atoms with Crippen LogP contribution in [0.15, 0.2) is 18.2 Å². The Morgan fingerprint density at radius 1 is 1.35 bits per heavy atom. The van der Waals surface area contributed by atoms with Gasteiger partial charge in [-0.2, -0.15) is 11.8 Å². The average Bonchev–Trinajstić information content (AvgIpc) is 2.48. The molecule has 1 aromatic carbocycles. The number of nitro benzene ring substituents is 1. The molecule has 0 aromatic heterocycles. The number of nitrogens with two attached hydrogens (primary N) is 1. The molecule has 0 radical (unpaired) electrons. The van der Waals surface area contributed by atoms with Gasteiger partial charge in [0, 0.05) is 11.3 Å². The third kappa shape index (κ3) is 3.55. The van der Waals surface area contributed by atoms with E-state index < -0.39 is 4.92 Å². The molecule has 0 heterocycles. The van der Waals surface area contributed by atoms with E-state index in [0.29, 0.717) is 17.9 Å². The summed E-state index contributed by atoms with van der Waals surface area (Å²) < 4.78 is 0.0833. The molecule has 0 fully saturated rings. The van der Waals surface area contributed by atoms with Crippen molar-refractivity contribution in [1.82, 2.24) is 0 Å². The molecule has 0 bridgehead atoms.